The van der Waals surface area contributed by atoms with Gasteiger partial charge in [0.05, 0.1) is 18.3 Å². The molecule has 0 saturated carbocycles. The zero-order valence-electron chi connectivity index (χ0n) is 11.7. The van der Waals surface area contributed by atoms with Crippen LogP contribution < -0.4 is 5.32 Å². The van der Waals surface area contributed by atoms with Crippen molar-refractivity contribution in [3.63, 3.8) is 0 Å². The molecule has 1 rings (SSSR count). The van der Waals surface area contributed by atoms with Crippen molar-refractivity contribution >= 4 is 0 Å². The third kappa shape index (κ3) is 6.09. The van der Waals surface area contributed by atoms with E-state index in [-0.39, 0.29) is 0 Å². The van der Waals surface area contributed by atoms with Gasteiger partial charge in [0.25, 0.3) is 0 Å². The summed E-state index contributed by atoms with van der Waals surface area (Å²) in [4.78, 5) is 0. The van der Waals surface area contributed by atoms with Gasteiger partial charge in [0.15, 0.2) is 0 Å². The van der Waals surface area contributed by atoms with E-state index in [1.54, 1.807) is 0 Å². The van der Waals surface area contributed by atoms with Gasteiger partial charge < -0.3 is 5.32 Å². The van der Waals surface area contributed by atoms with E-state index in [9.17, 15) is 13.2 Å². The Morgan fingerprint density at radius 3 is 2.47 bits per heavy atom. The molecule has 0 radical (unpaired) electrons. The second-order valence-electron chi connectivity index (χ2n) is 5.32. The van der Waals surface area contributed by atoms with Crippen molar-refractivity contribution in [2.24, 2.45) is 5.92 Å². The molecule has 1 aromatic rings. The molecule has 110 valence electrons. The number of hydrogen-bond acceptors (Lipinski definition) is 2. The Kier molecular flexibility index (Phi) is 5.85. The van der Waals surface area contributed by atoms with E-state index >= 15 is 0 Å². The lowest BCUT2D eigenvalue weighted by Crippen LogP contribution is -2.29. The van der Waals surface area contributed by atoms with E-state index in [0.717, 1.165) is 25.2 Å². The standard InChI is InChI=1S/C13H22F3N3/c1-10(2)4-5-11(3)17-6-7-19-9-12(8-18-19)13(14,15)16/h8-11,17H,4-7H2,1-3H3. The van der Waals surface area contributed by atoms with Crippen molar-refractivity contribution < 1.29 is 13.2 Å². The van der Waals surface area contributed by atoms with Gasteiger partial charge in [-0.15, -0.1) is 0 Å². The predicted molar refractivity (Wildman–Crippen MR) is 68.8 cm³/mol. The summed E-state index contributed by atoms with van der Waals surface area (Å²) in [6.45, 7) is 7.51. The molecule has 0 aliphatic carbocycles. The number of nitrogens with zero attached hydrogens (tertiary/aromatic N) is 2. The molecule has 3 nitrogen and oxygen atoms in total. The van der Waals surface area contributed by atoms with Gasteiger partial charge in [-0.3, -0.25) is 4.68 Å². The highest BCUT2D eigenvalue weighted by molar-refractivity contribution is 5.08. The Bertz CT molecular complexity index is 371. The first-order chi connectivity index (χ1) is 8.79. The van der Waals surface area contributed by atoms with Crippen LogP contribution in [0.4, 0.5) is 13.2 Å². The fourth-order valence-electron chi connectivity index (χ4n) is 1.74. The van der Waals surface area contributed by atoms with Gasteiger partial charge in [-0.25, -0.2) is 0 Å². The fourth-order valence-corrected chi connectivity index (χ4v) is 1.74. The van der Waals surface area contributed by atoms with E-state index in [1.807, 2.05) is 0 Å². The summed E-state index contributed by atoms with van der Waals surface area (Å²) in [5.41, 5.74) is -0.694. The SMILES string of the molecule is CC(C)CCC(C)NCCn1cc(C(F)(F)F)cn1. The van der Waals surface area contributed by atoms with Crippen LogP contribution in [0.3, 0.4) is 0 Å². The summed E-state index contributed by atoms with van der Waals surface area (Å²) in [5, 5.41) is 7.00. The predicted octanol–water partition coefficient (Wildman–Crippen LogP) is 3.32. The van der Waals surface area contributed by atoms with Crippen molar-refractivity contribution in [2.75, 3.05) is 6.54 Å². The molecule has 0 aliphatic heterocycles. The first kappa shape index (κ1) is 16.0. The highest BCUT2D eigenvalue weighted by Gasteiger charge is 2.32. The van der Waals surface area contributed by atoms with Crippen molar-refractivity contribution in [1.82, 2.24) is 15.1 Å². The Hall–Kier alpha value is -1.04. The second-order valence-corrected chi connectivity index (χ2v) is 5.32. The smallest absolute Gasteiger partial charge is 0.312 e. The van der Waals surface area contributed by atoms with E-state index in [0.29, 0.717) is 25.0 Å². The highest BCUT2D eigenvalue weighted by Crippen LogP contribution is 2.28. The maximum absolute atomic E-state index is 12.4. The van der Waals surface area contributed by atoms with Crippen LogP contribution in [-0.4, -0.2) is 22.4 Å². The van der Waals surface area contributed by atoms with Gasteiger partial charge in [0, 0.05) is 18.8 Å². The first-order valence-corrected chi connectivity index (χ1v) is 6.62. The van der Waals surface area contributed by atoms with Crippen LogP contribution in [0, 0.1) is 5.92 Å². The Morgan fingerprint density at radius 2 is 1.95 bits per heavy atom. The maximum atomic E-state index is 12.4. The Labute approximate surface area is 112 Å². The van der Waals surface area contributed by atoms with Crippen LogP contribution in [0.15, 0.2) is 12.4 Å². The Balaban J connectivity index is 2.28. The van der Waals surface area contributed by atoms with Gasteiger partial charge >= 0.3 is 6.18 Å². The number of rotatable bonds is 7. The van der Waals surface area contributed by atoms with Crippen molar-refractivity contribution in [2.45, 2.75) is 52.4 Å². The topological polar surface area (TPSA) is 29.9 Å². The highest BCUT2D eigenvalue weighted by atomic mass is 19.4. The minimum atomic E-state index is -4.31. The molecular formula is C13H22F3N3. The summed E-state index contributed by atoms with van der Waals surface area (Å²) in [7, 11) is 0. The molecule has 1 heterocycles. The zero-order chi connectivity index (χ0) is 14.5. The number of hydrogen-bond donors (Lipinski definition) is 1. The van der Waals surface area contributed by atoms with Crippen molar-refractivity contribution in [3.8, 4) is 0 Å². The molecule has 6 heteroatoms. The molecule has 0 aliphatic rings. The summed E-state index contributed by atoms with van der Waals surface area (Å²) in [6, 6.07) is 0.375. The van der Waals surface area contributed by atoms with Crippen LogP contribution in [0.2, 0.25) is 0 Å². The van der Waals surface area contributed by atoms with E-state index in [1.165, 1.54) is 4.68 Å². The third-order valence-electron chi connectivity index (χ3n) is 2.97. The number of aromatic nitrogens is 2. The third-order valence-corrected chi connectivity index (χ3v) is 2.97. The van der Waals surface area contributed by atoms with Crippen LogP contribution in [0.1, 0.15) is 39.2 Å². The lowest BCUT2D eigenvalue weighted by atomic mass is 10.0. The van der Waals surface area contributed by atoms with E-state index < -0.39 is 11.7 Å². The first-order valence-electron chi connectivity index (χ1n) is 6.62. The number of alkyl halides is 3. The van der Waals surface area contributed by atoms with Crippen molar-refractivity contribution in [1.29, 1.82) is 0 Å². The zero-order valence-corrected chi connectivity index (χ0v) is 11.7. The fraction of sp³-hybridized carbons (Fsp3) is 0.769. The lowest BCUT2D eigenvalue weighted by molar-refractivity contribution is -0.137. The van der Waals surface area contributed by atoms with Gasteiger partial charge in [-0.05, 0) is 25.7 Å². The quantitative estimate of drug-likeness (QED) is 0.828. The van der Waals surface area contributed by atoms with Gasteiger partial charge in [0.1, 0.15) is 0 Å². The molecular weight excluding hydrogens is 255 g/mol. The van der Waals surface area contributed by atoms with Crippen molar-refractivity contribution in [3.05, 3.63) is 18.0 Å². The molecule has 0 fully saturated rings. The number of nitrogens with one attached hydrogen (secondary N) is 1. The lowest BCUT2D eigenvalue weighted by Gasteiger charge is -2.14. The molecule has 1 aromatic heterocycles. The Morgan fingerprint density at radius 1 is 1.26 bits per heavy atom. The van der Waals surface area contributed by atoms with Gasteiger partial charge in [0.2, 0.25) is 0 Å². The molecule has 0 saturated heterocycles. The molecule has 1 unspecified atom stereocenters. The van der Waals surface area contributed by atoms with Crippen LogP contribution >= 0.6 is 0 Å². The summed E-state index contributed by atoms with van der Waals surface area (Å²) < 4.78 is 38.4. The van der Waals surface area contributed by atoms with Crippen LogP contribution in [0.5, 0.6) is 0 Å². The van der Waals surface area contributed by atoms with E-state index in [2.05, 4.69) is 31.2 Å². The average molecular weight is 277 g/mol. The normalized spacial score (nSPS) is 14.1. The largest absolute Gasteiger partial charge is 0.419 e. The van der Waals surface area contributed by atoms with Gasteiger partial charge in [-0.2, -0.15) is 18.3 Å². The van der Waals surface area contributed by atoms with E-state index in [4.69, 9.17) is 0 Å². The summed E-state index contributed by atoms with van der Waals surface area (Å²) >= 11 is 0. The minimum absolute atomic E-state index is 0.375. The second kappa shape index (κ2) is 6.93. The minimum Gasteiger partial charge on any atom is -0.312 e. The molecule has 19 heavy (non-hydrogen) atoms. The molecule has 0 bridgehead atoms. The van der Waals surface area contributed by atoms with Crippen LogP contribution in [0.25, 0.3) is 0 Å². The maximum Gasteiger partial charge on any atom is 0.419 e. The molecule has 0 aromatic carbocycles. The monoisotopic (exact) mass is 277 g/mol. The summed E-state index contributed by atoms with van der Waals surface area (Å²) in [5.74, 6) is 0.671. The van der Waals surface area contributed by atoms with Gasteiger partial charge in [-0.1, -0.05) is 13.8 Å². The summed E-state index contributed by atoms with van der Waals surface area (Å²) in [6.07, 6.45) is -0.183. The average Bonchev–Trinajstić information content (AvgIpc) is 2.74. The molecule has 1 N–H and O–H groups in total. The molecule has 1 atom stereocenters. The van der Waals surface area contributed by atoms with Crippen LogP contribution in [-0.2, 0) is 12.7 Å². The molecule has 0 spiro atoms. The number of halogens is 3. The molecule has 0 amide bonds.